The van der Waals surface area contributed by atoms with Gasteiger partial charge in [0.05, 0.1) is 24.4 Å². The smallest absolute Gasteiger partial charge is 0.264 e. The Balaban J connectivity index is 1.44. The van der Waals surface area contributed by atoms with Gasteiger partial charge in [-0.3, -0.25) is 24.3 Å². The Bertz CT molecular complexity index is 1750. The van der Waals surface area contributed by atoms with E-state index in [9.17, 15) is 27.4 Å². The van der Waals surface area contributed by atoms with Gasteiger partial charge in [0.2, 0.25) is 17.7 Å². The molecule has 2 spiro atoms. The molecule has 3 amide bonds. The van der Waals surface area contributed by atoms with Crippen LogP contribution in [0.5, 0.6) is 0 Å². The molecule has 6 N–H and O–H groups in total. The summed E-state index contributed by atoms with van der Waals surface area (Å²) >= 11 is 12.6. The summed E-state index contributed by atoms with van der Waals surface area (Å²) in [5.41, 5.74) is 3.58. The van der Waals surface area contributed by atoms with E-state index >= 15 is 4.39 Å². The third-order valence-electron chi connectivity index (χ3n) is 10.9. The number of rotatable bonds is 8. The first-order chi connectivity index (χ1) is 22.6. The first kappa shape index (κ1) is 35.0. The van der Waals surface area contributed by atoms with E-state index in [0.717, 1.165) is 0 Å². The lowest BCUT2D eigenvalue weighted by Crippen LogP contribution is -2.61. The molecule has 6 rings (SSSR count). The fraction of sp³-hybridized carbons (Fsp3) is 0.562. The summed E-state index contributed by atoms with van der Waals surface area (Å²) < 4.78 is 53.9. The van der Waals surface area contributed by atoms with Crippen LogP contribution in [0.2, 0.25) is 10.2 Å². The van der Waals surface area contributed by atoms with E-state index in [4.69, 9.17) is 33.7 Å². The van der Waals surface area contributed by atoms with E-state index in [1.165, 1.54) is 12.3 Å². The highest BCUT2D eigenvalue weighted by atomic mass is 35.5. The second kappa shape index (κ2) is 12.8. The number of pyridine rings is 1. The Morgan fingerprint density at radius 1 is 1.19 bits per heavy atom. The Morgan fingerprint density at radius 3 is 2.56 bits per heavy atom. The van der Waals surface area contributed by atoms with Gasteiger partial charge in [0.25, 0.3) is 10.1 Å². The summed E-state index contributed by atoms with van der Waals surface area (Å²) in [5, 5.41) is 9.54. The van der Waals surface area contributed by atoms with Crippen LogP contribution in [0.1, 0.15) is 75.3 Å². The predicted octanol–water partition coefficient (Wildman–Crippen LogP) is 3.61. The number of amides is 3. The van der Waals surface area contributed by atoms with E-state index in [-0.39, 0.29) is 29.8 Å². The second-order valence-corrected chi connectivity index (χ2v) is 16.2. The van der Waals surface area contributed by atoms with Gasteiger partial charge in [0.15, 0.2) is 11.0 Å². The van der Waals surface area contributed by atoms with Crippen molar-refractivity contribution >= 4 is 56.7 Å². The average Bonchev–Trinajstić information content (AvgIpc) is 3.47. The number of aromatic nitrogens is 1. The molecule has 3 aliphatic heterocycles. The van der Waals surface area contributed by atoms with Crippen molar-refractivity contribution in [1.29, 1.82) is 0 Å². The molecule has 1 aliphatic carbocycles. The zero-order valence-corrected chi connectivity index (χ0v) is 28.6. The van der Waals surface area contributed by atoms with E-state index in [0.29, 0.717) is 61.2 Å². The van der Waals surface area contributed by atoms with Crippen LogP contribution >= 0.6 is 23.2 Å². The standard InChI is InChI=1S/C32H38Cl2FN5O7S/c1-30(8-2-14-48(44,45)46)9-11-31(12-10-30)32(20-5-3-17(33)15-21(20)39-29(32)43)23(19-7-13-37-26(34)24(19)35)25(40-31)28(42)38-18-4-6-22(27(36)41)47-16-18/h3,5,7,13,15,18,22-23,25,40H,2,4,6,8-12,14,16H2,1H3,(H2,36,41)(H,38,42)(H,39,43)(H,44,45,46)/t18-,22+,23+,25-,30?,31?,32-/m1/s1. The zero-order valence-electron chi connectivity index (χ0n) is 26.2. The molecule has 2 saturated heterocycles. The van der Waals surface area contributed by atoms with Crippen molar-refractivity contribution < 1.29 is 36.5 Å². The summed E-state index contributed by atoms with van der Waals surface area (Å²) in [6, 6.07) is 4.89. The number of benzene rings is 1. The normalized spacial score (nSPS) is 33.1. The predicted molar refractivity (Wildman–Crippen MR) is 176 cm³/mol. The molecular formula is C32H38Cl2FN5O7S. The molecule has 1 saturated carbocycles. The highest BCUT2D eigenvalue weighted by Gasteiger charge is 2.73. The number of nitrogens with one attached hydrogen (secondary N) is 3. The lowest BCUT2D eigenvalue weighted by Gasteiger charge is -2.51. The molecule has 3 fully saturated rings. The van der Waals surface area contributed by atoms with Gasteiger partial charge < -0.3 is 21.1 Å². The van der Waals surface area contributed by atoms with Gasteiger partial charge in [0.1, 0.15) is 11.5 Å². The van der Waals surface area contributed by atoms with Crippen LogP contribution in [0.15, 0.2) is 30.5 Å². The van der Waals surface area contributed by atoms with Crippen molar-refractivity contribution in [2.75, 3.05) is 17.7 Å². The number of nitrogens with two attached hydrogens (primary N) is 1. The maximum atomic E-state index is 16.1. The van der Waals surface area contributed by atoms with Crippen LogP contribution in [-0.4, -0.2) is 71.8 Å². The number of fused-ring (bicyclic) bond motifs is 3. The van der Waals surface area contributed by atoms with Crippen molar-refractivity contribution in [1.82, 2.24) is 15.6 Å². The molecule has 0 radical (unpaired) electrons. The van der Waals surface area contributed by atoms with Gasteiger partial charge >= 0.3 is 0 Å². The minimum atomic E-state index is -4.12. The maximum absolute atomic E-state index is 16.1. The average molecular weight is 727 g/mol. The van der Waals surface area contributed by atoms with E-state index in [1.54, 1.807) is 18.2 Å². The third kappa shape index (κ3) is 6.09. The molecule has 12 nitrogen and oxygen atoms in total. The summed E-state index contributed by atoms with van der Waals surface area (Å²) in [6.07, 6.45) is 3.98. The van der Waals surface area contributed by atoms with E-state index < -0.39 is 73.9 Å². The SMILES string of the molecule is CC1(CCCS(=O)(=O)O)CCC2(CC1)N[C@@H](C(=O)N[C@@H]1CC[C@@H](C(N)=O)OC1)[C@H](c1ccnc(Cl)c1F)[C@]21C(=O)Nc2cc(Cl)ccc21. The van der Waals surface area contributed by atoms with E-state index in [2.05, 4.69) is 20.9 Å². The highest BCUT2D eigenvalue weighted by molar-refractivity contribution is 7.85. The van der Waals surface area contributed by atoms with Crippen LogP contribution in [-0.2, 0) is 34.7 Å². The molecule has 48 heavy (non-hydrogen) atoms. The number of nitrogens with zero attached hydrogens (tertiary/aromatic N) is 1. The molecule has 4 heterocycles. The van der Waals surface area contributed by atoms with Crippen molar-refractivity contribution in [3.63, 3.8) is 0 Å². The second-order valence-electron chi connectivity index (χ2n) is 13.8. The minimum absolute atomic E-state index is 0.0478. The van der Waals surface area contributed by atoms with Crippen LogP contribution in [0, 0.1) is 11.2 Å². The van der Waals surface area contributed by atoms with Gasteiger partial charge in [0, 0.05) is 28.4 Å². The molecule has 4 aliphatic rings. The maximum Gasteiger partial charge on any atom is 0.264 e. The summed E-state index contributed by atoms with van der Waals surface area (Å²) in [5.74, 6) is -3.77. The molecule has 0 unspecified atom stereocenters. The van der Waals surface area contributed by atoms with Crippen molar-refractivity contribution in [2.45, 2.75) is 93.3 Å². The molecule has 16 heteroatoms. The number of primary amides is 1. The Kier molecular flexibility index (Phi) is 9.31. The first-order valence-electron chi connectivity index (χ1n) is 15.9. The molecule has 1 aromatic carbocycles. The van der Waals surface area contributed by atoms with Crippen LogP contribution in [0.4, 0.5) is 10.1 Å². The molecule has 260 valence electrons. The number of carbonyl (C=O) groups is 3. The molecule has 1 aromatic heterocycles. The number of carbonyl (C=O) groups excluding carboxylic acids is 3. The number of anilines is 1. The van der Waals surface area contributed by atoms with Crippen LogP contribution in [0.3, 0.4) is 0 Å². The monoisotopic (exact) mass is 725 g/mol. The van der Waals surface area contributed by atoms with Crippen LogP contribution in [0.25, 0.3) is 0 Å². The van der Waals surface area contributed by atoms with Gasteiger partial charge in [-0.15, -0.1) is 0 Å². The minimum Gasteiger partial charge on any atom is -0.367 e. The van der Waals surface area contributed by atoms with E-state index in [1.807, 2.05) is 6.92 Å². The van der Waals surface area contributed by atoms with Gasteiger partial charge in [-0.2, -0.15) is 8.42 Å². The highest BCUT2D eigenvalue weighted by Crippen LogP contribution is 2.64. The van der Waals surface area contributed by atoms with Gasteiger partial charge in [-0.05, 0) is 86.1 Å². The largest absolute Gasteiger partial charge is 0.367 e. The number of ether oxygens (including phenoxy) is 1. The molecule has 2 aromatic rings. The first-order valence-corrected chi connectivity index (χ1v) is 18.3. The van der Waals surface area contributed by atoms with Crippen molar-refractivity contribution in [2.24, 2.45) is 11.1 Å². The quantitative estimate of drug-likeness (QED) is 0.200. The summed E-state index contributed by atoms with van der Waals surface area (Å²) in [7, 11) is -4.12. The number of hydrogen-bond acceptors (Lipinski definition) is 8. The number of halogens is 3. The van der Waals surface area contributed by atoms with Gasteiger partial charge in [-0.25, -0.2) is 9.37 Å². The molecular weight excluding hydrogens is 688 g/mol. The summed E-state index contributed by atoms with van der Waals surface area (Å²) in [4.78, 5) is 44.6. The molecule has 0 bridgehead atoms. The Hall–Kier alpha value is -2.88. The fourth-order valence-corrected chi connectivity index (χ4v) is 9.41. The lowest BCUT2D eigenvalue weighted by atomic mass is 9.53. The van der Waals surface area contributed by atoms with Crippen molar-refractivity contribution in [3.05, 3.63) is 57.6 Å². The van der Waals surface area contributed by atoms with Gasteiger partial charge in [-0.1, -0.05) is 36.2 Å². The topological polar surface area (TPSA) is 190 Å². The Morgan fingerprint density at radius 2 is 1.92 bits per heavy atom. The summed E-state index contributed by atoms with van der Waals surface area (Å²) in [6.45, 7) is 2.09. The third-order valence-corrected chi connectivity index (χ3v) is 12.2. The molecule has 5 atom stereocenters. The Labute approximate surface area is 287 Å². The van der Waals surface area contributed by atoms with Crippen LogP contribution < -0.4 is 21.7 Å². The lowest BCUT2D eigenvalue weighted by molar-refractivity contribution is -0.134. The number of hydrogen-bond donors (Lipinski definition) is 5. The zero-order chi connectivity index (χ0) is 34.6. The fourth-order valence-electron chi connectivity index (χ4n) is 8.57. The van der Waals surface area contributed by atoms with Crippen molar-refractivity contribution in [3.8, 4) is 0 Å².